The normalized spacial score (nSPS) is 22.0. The number of benzene rings is 1. The average Bonchev–Trinajstić information content (AvgIpc) is 3.32. The van der Waals surface area contributed by atoms with Crippen molar-refractivity contribution in [3.63, 3.8) is 0 Å². The molecule has 7 nitrogen and oxygen atoms in total. The molecule has 0 radical (unpaired) electrons. The number of carbonyl (C=O) groups excluding carboxylic acids is 1. The van der Waals surface area contributed by atoms with Gasteiger partial charge in [-0.2, -0.15) is 0 Å². The van der Waals surface area contributed by atoms with E-state index < -0.39 is 10.0 Å². The number of amides is 1. The molecule has 0 spiro atoms. The van der Waals surface area contributed by atoms with Crippen LogP contribution < -0.4 is 9.62 Å². The van der Waals surface area contributed by atoms with Crippen molar-refractivity contribution in [3.8, 4) is 0 Å². The summed E-state index contributed by atoms with van der Waals surface area (Å²) < 4.78 is 27.4. The number of aromatic nitrogens is 1. The fourth-order valence-corrected chi connectivity index (χ4v) is 5.64. The van der Waals surface area contributed by atoms with Crippen LogP contribution in [-0.2, 0) is 14.8 Å². The van der Waals surface area contributed by atoms with E-state index in [-0.39, 0.29) is 16.8 Å². The largest absolute Gasteiger partial charge is 0.311 e. The SMILES string of the molecule is CC1CCN(C2CCN(c3ccc(S(=O)(=O)Nc4nccs4)cc3)C2=O)CC1. The van der Waals surface area contributed by atoms with E-state index in [0.29, 0.717) is 11.7 Å². The van der Waals surface area contributed by atoms with Crippen molar-refractivity contribution < 1.29 is 13.2 Å². The molecule has 1 atom stereocenters. The topological polar surface area (TPSA) is 82.6 Å². The number of piperidine rings is 1. The molecule has 28 heavy (non-hydrogen) atoms. The highest BCUT2D eigenvalue weighted by Crippen LogP contribution is 2.28. The van der Waals surface area contributed by atoms with Gasteiger partial charge in [0.15, 0.2) is 5.13 Å². The number of nitrogens with one attached hydrogen (secondary N) is 1. The van der Waals surface area contributed by atoms with Gasteiger partial charge in [-0.15, -0.1) is 11.3 Å². The molecule has 3 heterocycles. The number of anilines is 2. The summed E-state index contributed by atoms with van der Waals surface area (Å²) in [6, 6.07) is 6.43. The Labute approximate surface area is 169 Å². The monoisotopic (exact) mass is 420 g/mol. The van der Waals surface area contributed by atoms with E-state index in [0.717, 1.165) is 44.0 Å². The second-order valence-corrected chi connectivity index (χ2v) is 10.0. The van der Waals surface area contributed by atoms with E-state index in [2.05, 4.69) is 21.5 Å². The van der Waals surface area contributed by atoms with Crippen LogP contribution in [0.25, 0.3) is 0 Å². The van der Waals surface area contributed by atoms with E-state index in [4.69, 9.17) is 0 Å². The number of likely N-dealkylation sites (tertiary alicyclic amines) is 1. The van der Waals surface area contributed by atoms with Gasteiger partial charge in [0, 0.05) is 23.8 Å². The van der Waals surface area contributed by atoms with Gasteiger partial charge in [-0.1, -0.05) is 6.92 Å². The molecule has 1 aromatic heterocycles. The number of hydrogen-bond acceptors (Lipinski definition) is 6. The lowest BCUT2D eigenvalue weighted by molar-refractivity contribution is -0.122. The Morgan fingerprint density at radius 1 is 1.11 bits per heavy atom. The van der Waals surface area contributed by atoms with Gasteiger partial charge in [0.25, 0.3) is 10.0 Å². The van der Waals surface area contributed by atoms with Crippen molar-refractivity contribution in [2.75, 3.05) is 29.3 Å². The summed E-state index contributed by atoms with van der Waals surface area (Å²) in [5.74, 6) is 0.849. The van der Waals surface area contributed by atoms with Crippen LogP contribution in [0.1, 0.15) is 26.2 Å². The van der Waals surface area contributed by atoms with Crippen LogP contribution >= 0.6 is 11.3 Å². The summed E-state index contributed by atoms with van der Waals surface area (Å²) in [6.45, 7) is 4.88. The molecule has 0 bridgehead atoms. The molecule has 1 aromatic carbocycles. The Kier molecular flexibility index (Phi) is 5.39. The zero-order valence-corrected chi connectivity index (χ0v) is 17.4. The zero-order chi connectivity index (χ0) is 19.7. The maximum absolute atomic E-state index is 12.9. The number of rotatable bonds is 5. The van der Waals surface area contributed by atoms with Crippen LogP contribution in [0.4, 0.5) is 10.8 Å². The van der Waals surface area contributed by atoms with Crippen molar-refractivity contribution in [2.45, 2.75) is 37.1 Å². The van der Waals surface area contributed by atoms with E-state index in [9.17, 15) is 13.2 Å². The number of sulfonamides is 1. The molecule has 2 fully saturated rings. The van der Waals surface area contributed by atoms with Gasteiger partial charge in [0.05, 0.1) is 10.9 Å². The molecule has 2 aliphatic rings. The fraction of sp³-hybridized carbons (Fsp3) is 0.474. The highest BCUT2D eigenvalue weighted by molar-refractivity contribution is 7.93. The first-order valence-electron chi connectivity index (χ1n) is 9.52. The standard InChI is InChI=1S/C19H24N4O3S2/c1-14-6-10-22(11-7-14)17-8-12-23(18(17)24)15-2-4-16(5-3-15)28(25,26)21-19-20-9-13-27-19/h2-5,9,13-14,17H,6-8,10-12H2,1H3,(H,20,21). The predicted octanol–water partition coefficient (Wildman–Crippen LogP) is 2.78. The molecule has 0 saturated carbocycles. The van der Waals surface area contributed by atoms with E-state index >= 15 is 0 Å². The van der Waals surface area contributed by atoms with Gasteiger partial charge in [-0.05, 0) is 62.5 Å². The second kappa shape index (κ2) is 7.81. The minimum Gasteiger partial charge on any atom is -0.311 e. The molecule has 2 saturated heterocycles. The lowest BCUT2D eigenvalue weighted by atomic mass is 9.97. The maximum atomic E-state index is 12.9. The summed E-state index contributed by atoms with van der Waals surface area (Å²) >= 11 is 1.22. The molecular formula is C19H24N4O3S2. The van der Waals surface area contributed by atoms with Crippen molar-refractivity contribution in [2.24, 2.45) is 5.92 Å². The van der Waals surface area contributed by atoms with Gasteiger partial charge >= 0.3 is 0 Å². The number of hydrogen-bond donors (Lipinski definition) is 1. The summed E-state index contributed by atoms with van der Waals surface area (Å²) in [4.78, 5) is 21.1. The second-order valence-electron chi connectivity index (χ2n) is 7.45. The average molecular weight is 421 g/mol. The van der Waals surface area contributed by atoms with Crippen molar-refractivity contribution >= 4 is 38.1 Å². The zero-order valence-electron chi connectivity index (χ0n) is 15.7. The van der Waals surface area contributed by atoms with Crippen LogP contribution in [0.15, 0.2) is 40.7 Å². The first kappa shape index (κ1) is 19.4. The Bertz CT molecular complexity index is 921. The third-order valence-electron chi connectivity index (χ3n) is 5.55. The third-order valence-corrected chi connectivity index (χ3v) is 7.72. The van der Waals surface area contributed by atoms with Crippen LogP contribution in [0.3, 0.4) is 0 Å². The highest BCUT2D eigenvalue weighted by atomic mass is 32.2. The van der Waals surface area contributed by atoms with Gasteiger partial charge < -0.3 is 4.90 Å². The van der Waals surface area contributed by atoms with E-state index in [1.807, 2.05) is 0 Å². The van der Waals surface area contributed by atoms with Gasteiger partial charge in [0.1, 0.15) is 0 Å². The smallest absolute Gasteiger partial charge is 0.263 e. The molecule has 2 aromatic rings. The Morgan fingerprint density at radius 2 is 1.82 bits per heavy atom. The summed E-state index contributed by atoms with van der Waals surface area (Å²) in [5.41, 5.74) is 0.742. The minimum absolute atomic E-state index is 0.0533. The van der Waals surface area contributed by atoms with Crippen LogP contribution in [-0.4, -0.2) is 49.9 Å². The molecule has 1 N–H and O–H groups in total. The molecule has 4 rings (SSSR count). The first-order valence-corrected chi connectivity index (χ1v) is 11.9. The predicted molar refractivity (Wildman–Crippen MR) is 110 cm³/mol. The van der Waals surface area contributed by atoms with Gasteiger partial charge in [-0.3, -0.25) is 14.4 Å². The van der Waals surface area contributed by atoms with Crippen molar-refractivity contribution in [1.29, 1.82) is 0 Å². The van der Waals surface area contributed by atoms with Gasteiger partial charge in [0.2, 0.25) is 5.91 Å². The molecule has 2 aliphatic heterocycles. The molecule has 150 valence electrons. The molecular weight excluding hydrogens is 396 g/mol. The summed E-state index contributed by atoms with van der Waals surface area (Å²) in [6.07, 6.45) is 4.65. The van der Waals surface area contributed by atoms with Crippen molar-refractivity contribution in [1.82, 2.24) is 9.88 Å². The third kappa shape index (κ3) is 3.92. The maximum Gasteiger partial charge on any atom is 0.263 e. The van der Waals surface area contributed by atoms with Crippen LogP contribution in [0.2, 0.25) is 0 Å². The first-order chi connectivity index (χ1) is 13.4. The Morgan fingerprint density at radius 3 is 2.46 bits per heavy atom. The minimum atomic E-state index is -3.68. The fourth-order valence-electron chi connectivity index (χ4n) is 3.85. The van der Waals surface area contributed by atoms with Crippen LogP contribution in [0, 0.1) is 5.92 Å². The Balaban J connectivity index is 1.45. The number of thiazole rings is 1. The van der Waals surface area contributed by atoms with E-state index in [1.54, 1.807) is 28.6 Å². The highest BCUT2D eigenvalue weighted by Gasteiger charge is 2.37. The van der Waals surface area contributed by atoms with Crippen LogP contribution in [0.5, 0.6) is 0 Å². The molecule has 0 aliphatic carbocycles. The quantitative estimate of drug-likeness (QED) is 0.804. The molecule has 1 amide bonds. The summed E-state index contributed by atoms with van der Waals surface area (Å²) in [5, 5.41) is 2.04. The van der Waals surface area contributed by atoms with Gasteiger partial charge in [-0.25, -0.2) is 13.4 Å². The molecule has 9 heteroatoms. The van der Waals surface area contributed by atoms with Crippen molar-refractivity contribution in [3.05, 3.63) is 35.8 Å². The Hall–Kier alpha value is -1.97. The van der Waals surface area contributed by atoms with E-state index in [1.165, 1.54) is 23.5 Å². The number of carbonyl (C=O) groups is 1. The number of nitrogens with zero attached hydrogens (tertiary/aromatic N) is 3. The lowest BCUT2D eigenvalue weighted by Gasteiger charge is -2.33. The summed E-state index contributed by atoms with van der Waals surface area (Å²) in [7, 11) is -3.68. The lowest BCUT2D eigenvalue weighted by Crippen LogP contribution is -2.45. The molecule has 1 unspecified atom stereocenters.